The Morgan fingerprint density at radius 3 is 2.48 bits per heavy atom. The molecule has 0 aliphatic rings. The van der Waals surface area contributed by atoms with E-state index in [1.54, 1.807) is 16.0 Å². The first-order valence-electron chi connectivity index (χ1n) is 8.47. The third kappa shape index (κ3) is 4.75. The average molecular weight is 364 g/mol. The first kappa shape index (κ1) is 19.3. The highest BCUT2D eigenvalue weighted by Gasteiger charge is 2.30. The molecular formula is C18H29N5OS. The van der Waals surface area contributed by atoms with Gasteiger partial charge in [-0.1, -0.05) is 26.8 Å². The minimum absolute atomic E-state index is 0.232. The number of carbonyl (C=O) groups excluding carboxylic acids is 1. The lowest BCUT2D eigenvalue weighted by atomic mass is 9.91. The molecule has 0 saturated carbocycles. The van der Waals surface area contributed by atoms with Gasteiger partial charge in [-0.2, -0.15) is 5.10 Å². The lowest BCUT2D eigenvalue weighted by Crippen LogP contribution is -2.31. The van der Waals surface area contributed by atoms with Crippen LogP contribution in [-0.2, 0) is 17.4 Å². The van der Waals surface area contributed by atoms with E-state index in [4.69, 9.17) is 5.73 Å². The average Bonchev–Trinajstić information content (AvgIpc) is 3.06. The van der Waals surface area contributed by atoms with Crippen LogP contribution in [-0.4, -0.2) is 22.4 Å². The summed E-state index contributed by atoms with van der Waals surface area (Å²) in [7, 11) is 0. The molecule has 2 aromatic heterocycles. The first-order valence-corrected chi connectivity index (χ1v) is 9.35. The predicted molar refractivity (Wildman–Crippen MR) is 105 cm³/mol. The molecule has 4 N–H and O–H groups in total. The van der Waals surface area contributed by atoms with Crippen LogP contribution in [0.1, 0.15) is 52.1 Å². The highest BCUT2D eigenvalue weighted by molar-refractivity contribution is 7.09. The molecule has 2 heterocycles. The number of hydrogen-bond donors (Lipinski definition) is 3. The van der Waals surface area contributed by atoms with Gasteiger partial charge in [0.25, 0.3) is 0 Å². The van der Waals surface area contributed by atoms with Gasteiger partial charge in [0.1, 0.15) is 11.5 Å². The van der Waals surface area contributed by atoms with Crippen LogP contribution in [0.25, 0.3) is 0 Å². The van der Waals surface area contributed by atoms with Crippen molar-refractivity contribution in [1.82, 2.24) is 15.1 Å². The summed E-state index contributed by atoms with van der Waals surface area (Å²) in [6.45, 7) is 12.9. The van der Waals surface area contributed by atoms with Crippen molar-refractivity contribution in [1.29, 1.82) is 0 Å². The van der Waals surface area contributed by atoms with Crippen molar-refractivity contribution in [3.05, 3.63) is 28.1 Å². The fourth-order valence-corrected chi connectivity index (χ4v) is 3.21. The van der Waals surface area contributed by atoms with Crippen LogP contribution < -0.4 is 16.4 Å². The van der Waals surface area contributed by atoms with Crippen LogP contribution >= 0.6 is 11.3 Å². The molecule has 0 atom stereocenters. The monoisotopic (exact) mass is 363 g/mol. The quantitative estimate of drug-likeness (QED) is 0.769. The van der Waals surface area contributed by atoms with Gasteiger partial charge in [-0.3, -0.25) is 0 Å². The largest absolute Gasteiger partial charge is 0.382 e. The number of amides is 2. The van der Waals surface area contributed by atoms with E-state index in [0.29, 0.717) is 18.1 Å². The summed E-state index contributed by atoms with van der Waals surface area (Å²) in [4.78, 5) is 13.6. The van der Waals surface area contributed by atoms with E-state index in [0.717, 1.165) is 12.1 Å². The number of nitrogens with two attached hydrogens (primary N) is 1. The third-order valence-corrected chi connectivity index (χ3v) is 4.68. The van der Waals surface area contributed by atoms with Crippen LogP contribution in [0.5, 0.6) is 0 Å². The molecule has 0 aliphatic heterocycles. The molecule has 6 nitrogen and oxygen atoms in total. The SMILES string of the molecule is CC(C)(C)c1nn(C(C)(C)C)c(N)c1NC(=O)NCCc1cccs1. The zero-order valence-corrected chi connectivity index (χ0v) is 16.8. The Kier molecular flexibility index (Phi) is 5.46. The van der Waals surface area contributed by atoms with Crippen molar-refractivity contribution in [2.75, 3.05) is 17.6 Å². The van der Waals surface area contributed by atoms with Gasteiger partial charge in [0, 0.05) is 16.8 Å². The maximum atomic E-state index is 12.3. The fraction of sp³-hybridized carbons (Fsp3) is 0.556. The summed E-state index contributed by atoms with van der Waals surface area (Å²) in [5, 5.41) is 12.5. The minimum Gasteiger partial charge on any atom is -0.382 e. The molecule has 0 saturated heterocycles. The summed E-state index contributed by atoms with van der Waals surface area (Å²) in [5.41, 5.74) is 7.18. The molecule has 2 rings (SSSR count). The lowest BCUT2D eigenvalue weighted by molar-refractivity contribution is 0.252. The van der Waals surface area contributed by atoms with E-state index in [1.807, 2.05) is 32.2 Å². The lowest BCUT2D eigenvalue weighted by Gasteiger charge is -2.21. The number of nitrogen functional groups attached to an aromatic ring is 1. The summed E-state index contributed by atoms with van der Waals surface area (Å²) in [6.07, 6.45) is 0.813. The van der Waals surface area contributed by atoms with Crippen molar-refractivity contribution in [3.63, 3.8) is 0 Å². The molecule has 0 aliphatic carbocycles. The molecule has 2 amide bonds. The molecule has 0 unspecified atom stereocenters. The number of urea groups is 1. The van der Waals surface area contributed by atoms with Gasteiger partial charge >= 0.3 is 6.03 Å². The Morgan fingerprint density at radius 1 is 1.28 bits per heavy atom. The summed E-state index contributed by atoms with van der Waals surface area (Å²) in [6, 6.07) is 3.81. The third-order valence-electron chi connectivity index (χ3n) is 3.74. The molecule has 0 spiro atoms. The zero-order chi connectivity index (χ0) is 18.8. The Labute approximate surface area is 153 Å². The number of thiophene rings is 1. The van der Waals surface area contributed by atoms with Gasteiger partial charge in [0.15, 0.2) is 0 Å². The summed E-state index contributed by atoms with van der Waals surface area (Å²) < 4.78 is 1.77. The smallest absolute Gasteiger partial charge is 0.319 e. The highest BCUT2D eigenvalue weighted by atomic mass is 32.1. The molecule has 0 radical (unpaired) electrons. The van der Waals surface area contributed by atoms with Gasteiger partial charge in [-0.05, 0) is 38.6 Å². The van der Waals surface area contributed by atoms with Crippen molar-refractivity contribution >= 4 is 28.9 Å². The standard InChI is InChI=1S/C18H29N5OS/c1-17(2,3)14-13(15(19)23(22-14)18(4,5)6)21-16(24)20-10-9-12-8-7-11-25-12/h7-8,11H,9-10,19H2,1-6H3,(H2,20,21,24). The van der Waals surface area contributed by atoms with Gasteiger partial charge in [0.05, 0.1) is 11.2 Å². The van der Waals surface area contributed by atoms with Gasteiger partial charge in [-0.25, -0.2) is 9.48 Å². The zero-order valence-electron chi connectivity index (χ0n) is 15.9. The van der Waals surface area contributed by atoms with E-state index < -0.39 is 0 Å². The number of rotatable bonds is 4. The number of carbonyl (C=O) groups is 1. The van der Waals surface area contributed by atoms with Crippen LogP contribution in [0.2, 0.25) is 0 Å². The summed E-state index contributed by atoms with van der Waals surface area (Å²) >= 11 is 1.69. The van der Waals surface area contributed by atoms with Crippen LogP contribution in [0.15, 0.2) is 17.5 Å². The molecule has 0 bridgehead atoms. The summed E-state index contributed by atoms with van der Waals surface area (Å²) in [5.74, 6) is 0.478. The van der Waals surface area contributed by atoms with Crippen LogP contribution in [0, 0.1) is 0 Å². The van der Waals surface area contributed by atoms with Gasteiger partial charge in [-0.15, -0.1) is 11.3 Å². The maximum absolute atomic E-state index is 12.3. The van der Waals surface area contributed by atoms with Crippen LogP contribution in [0.4, 0.5) is 16.3 Å². The molecule has 138 valence electrons. The highest BCUT2D eigenvalue weighted by Crippen LogP contribution is 2.35. The second kappa shape index (κ2) is 7.07. The molecule has 0 fully saturated rings. The van der Waals surface area contributed by atoms with Crippen molar-refractivity contribution < 1.29 is 4.79 Å². The molecule has 25 heavy (non-hydrogen) atoms. The van der Waals surface area contributed by atoms with E-state index in [-0.39, 0.29) is 17.0 Å². The Bertz CT molecular complexity index is 720. The first-order chi connectivity index (χ1) is 11.5. The number of hydrogen-bond acceptors (Lipinski definition) is 4. The van der Waals surface area contributed by atoms with E-state index in [1.165, 1.54) is 4.88 Å². The topological polar surface area (TPSA) is 85.0 Å². The predicted octanol–water partition coefficient (Wildman–Crippen LogP) is 3.94. The number of nitrogens with one attached hydrogen (secondary N) is 2. The normalized spacial score (nSPS) is 12.2. The molecule has 7 heteroatoms. The van der Waals surface area contributed by atoms with E-state index in [2.05, 4.69) is 42.6 Å². The van der Waals surface area contributed by atoms with Crippen molar-refractivity contribution in [3.8, 4) is 0 Å². The van der Waals surface area contributed by atoms with Crippen molar-refractivity contribution in [2.45, 2.75) is 58.9 Å². The minimum atomic E-state index is -0.264. The van der Waals surface area contributed by atoms with Crippen LogP contribution in [0.3, 0.4) is 0 Å². The molecule has 0 aromatic carbocycles. The maximum Gasteiger partial charge on any atom is 0.319 e. The van der Waals surface area contributed by atoms with Crippen molar-refractivity contribution in [2.24, 2.45) is 0 Å². The Balaban J connectivity index is 2.14. The molecular weight excluding hydrogens is 334 g/mol. The fourth-order valence-electron chi connectivity index (χ4n) is 2.50. The Hall–Kier alpha value is -2.02. The number of nitrogens with zero attached hydrogens (tertiary/aromatic N) is 2. The second-order valence-corrected chi connectivity index (χ2v) is 9.18. The Morgan fingerprint density at radius 2 is 1.96 bits per heavy atom. The second-order valence-electron chi connectivity index (χ2n) is 8.15. The number of aromatic nitrogens is 2. The van der Waals surface area contributed by atoms with E-state index >= 15 is 0 Å². The molecule has 2 aromatic rings. The van der Waals surface area contributed by atoms with Gasteiger partial charge < -0.3 is 16.4 Å². The number of anilines is 2. The van der Waals surface area contributed by atoms with E-state index in [9.17, 15) is 4.79 Å². The van der Waals surface area contributed by atoms with Gasteiger partial charge in [0.2, 0.25) is 0 Å².